The molecule has 1 saturated heterocycles. The molecule has 9 aromatic carbocycles. The van der Waals surface area contributed by atoms with Crippen LogP contribution in [0.5, 0.6) is 5.75 Å². The summed E-state index contributed by atoms with van der Waals surface area (Å²) in [6, 6.07) is 64.0. The first-order valence-corrected chi connectivity index (χ1v) is 47.9. The van der Waals surface area contributed by atoms with E-state index >= 15 is 0 Å². The lowest BCUT2D eigenvalue weighted by molar-refractivity contribution is -0.139. The topological polar surface area (TPSA) is 522 Å². The van der Waals surface area contributed by atoms with Crippen LogP contribution in [-0.4, -0.2) is 202 Å². The van der Waals surface area contributed by atoms with Crippen molar-refractivity contribution in [1.82, 2.24) is 129 Å². The molecule has 0 bridgehead atoms. The third kappa shape index (κ3) is 28.6. The zero-order valence-electron chi connectivity index (χ0n) is 74.9. The monoisotopic (exact) mass is 2120 g/mol. The Morgan fingerprint density at radius 3 is 1.14 bits per heavy atom. The third-order valence-electron chi connectivity index (χ3n) is 23.9. The molecular formula is C97H94Br2IN25O14. The van der Waals surface area contributed by atoms with Gasteiger partial charge in [-0.25, -0.2) is 28.8 Å². The number of imide groups is 1. The van der Waals surface area contributed by atoms with Gasteiger partial charge in [0.15, 0.2) is 0 Å². The molecule has 0 radical (unpaired) electrons. The van der Waals surface area contributed by atoms with Gasteiger partial charge in [0, 0.05) is 64.3 Å². The second kappa shape index (κ2) is 50.2. The molecule has 2 amide bonds. The highest BCUT2D eigenvalue weighted by Crippen LogP contribution is 2.42. The highest BCUT2D eigenvalue weighted by Gasteiger charge is 2.37. The average molecular weight is 2120 g/mol. The van der Waals surface area contributed by atoms with Crippen molar-refractivity contribution in [2.75, 3.05) is 13.2 Å². The van der Waals surface area contributed by atoms with Gasteiger partial charge in [-0.15, -0.1) is 61.2 Å². The molecule has 6 aromatic heterocycles. The Hall–Kier alpha value is -15.0. The molecule has 39 nitrogen and oxygen atoms in total. The van der Waals surface area contributed by atoms with Crippen LogP contribution in [0.1, 0.15) is 195 Å². The minimum absolute atomic E-state index is 0.0249. The third-order valence-corrected chi connectivity index (χ3v) is 26.0. The van der Waals surface area contributed by atoms with Crippen LogP contribution in [0.3, 0.4) is 0 Å². The second-order valence-electron chi connectivity index (χ2n) is 33.0. The molecule has 712 valence electrons. The number of carbonyl (C=O) groups is 8. The van der Waals surface area contributed by atoms with Crippen molar-refractivity contribution in [3.63, 3.8) is 0 Å². The highest BCUT2D eigenvalue weighted by atomic mass is 127. The molecular weight excluding hydrogens is 2030 g/mol. The molecule has 20 rings (SSSR count). The summed E-state index contributed by atoms with van der Waals surface area (Å²) in [5.74, 6) is 3.52. The van der Waals surface area contributed by atoms with Gasteiger partial charge in [-0.05, 0) is 237 Å². The molecule has 7 heterocycles. The van der Waals surface area contributed by atoms with E-state index in [0.717, 1.165) is 81.0 Å². The molecule has 5 fully saturated rings. The van der Waals surface area contributed by atoms with Crippen LogP contribution in [0.4, 0.5) is 0 Å². The van der Waals surface area contributed by atoms with E-state index in [1.165, 1.54) is 96.3 Å². The summed E-state index contributed by atoms with van der Waals surface area (Å²) in [5.41, 5.74) is 9.54. The van der Waals surface area contributed by atoms with Crippen molar-refractivity contribution >= 4 is 102 Å². The normalized spacial score (nSPS) is 15.6. The molecule has 139 heavy (non-hydrogen) atoms. The molecule has 6 N–H and O–H groups in total. The second-order valence-corrected chi connectivity index (χ2v) is 36.0. The summed E-state index contributed by atoms with van der Waals surface area (Å²) in [6.07, 6.45) is 21.7. The zero-order chi connectivity index (χ0) is 96.4. The van der Waals surface area contributed by atoms with Crippen LogP contribution in [0.2, 0.25) is 0 Å². The van der Waals surface area contributed by atoms with Gasteiger partial charge in [-0.2, -0.15) is 31.3 Å². The van der Waals surface area contributed by atoms with Crippen LogP contribution < -0.4 is 4.74 Å². The molecule has 15 aromatic rings. The van der Waals surface area contributed by atoms with Crippen LogP contribution >= 0.6 is 54.5 Å². The van der Waals surface area contributed by atoms with Crippen LogP contribution in [0.25, 0.3) is 68.3 Å². The molecule has 3 unspecified atom stereocenters. The van der Waals surface area contributed by atoms with Gasteiger partial charge in [0.1, 0.15) is 37.8 Å². The molecule has 4 saturated carbocycles. The van der Waals surface area contributed by atoms with Crippen molar-refractivity contribution in [2.24, 2.45) is 23.7 Å². The molecule has 4 aliphatic carbocycles. The number of halogens is 3. The average Bonchev–Trinajstić information content (AvgIpc) is 1.62. The van der Waals surface area contributed by atoms with Crippen molar-refractivity contribution in [1.29, 1.82) is 0 Å². The largest absolute Gasteiger partial charge is 0.460 e. The maximum absolute atomic E-state index is 12.9. The number of benzene rings is 9. The summed E-state index contributed by atoms with van der Waals surface area (Å²) in [5, 5.41) is 82.1. The fourth-order valence-electron chi connectivity index (χ4n) is 16.6. The van der Waals surface area contributed by atoms with E-state index in [4.69, 9.17) is 28.4 Å². The van der Waals surface area contributed by atoms with Crippen LogP contribution in [-0.2, 0) is 46.5 Å². The molecule has 3 atom stereocenters. The van der Waals surface area contributed by atoms with Crippen molar-refractivity contribution in [2.45, 2.75) is 147 Å². The summed E-state index contributed by atoms with van der Waals surface area (Å²) >= 11 is 8.90. The van der Waals surface area contributed by atoms with Gasteiger partial charge in [0.05, 0.1) is 39.9 Å². The number of esters is 6. The lowest BCUT2D eigenvalue weighted by Gasteiger charge is -2.38. The number of tetrazole rings is 6. The Balaban J connectivity index is 0.000000127. The maximum Gasteiger partial charge on any atom is 0.343 e. The van der Waals surface area contributed by atoms with E-state index < -0.39 is 11.9 Å². The summed E-state index contributed by atoms with van der Waals surface area (Å²) in [7, 11) is 0. The SMILES string of the molecule is O=C(OC(C1CCCCC1)C1CCCCC1)c1ccc(-c2nn[nH]n2)cc1.O=C(OC1CCC2CCCCC2C1)c1ccc(-c2nn[nH]n2)cc1.O=C(OCCN1C(=O)CCC1=O)c1ccc(-c2nn[nH]n2)cc1.O=C(OCc1ccc(Br)cc1)c1ccc(-c2nn[nH]n2)cc1.O=C(OCc1ccccc1I)c1ccc(-c2nn[nH]n2)cc1.O=C(Oc1cccc(Br)c1)c1ccc(-c2nn[nH]n2)cc1. The molecule has 42 heteroatoms. The first-order valence-electron chi connectivity index (χ1n) is 45.2. The van der Waals surface area contributed by atoms with Crippen LogP contribution in [0, 0.1) is 27.2 Å². The number of H-pyrrole nitrogens is 6. The predicted molar refractivity (Wildman–Crippen MR) is 515 cm³/mol. The van der Waals surface area contributed by atoms with Crippen molar-refractivity contribution < 1.29 is 66.8 Å². The van der Waals surface area contributed by atoms with Crippen molar-refractivity contribution in [3.05, 3.63) is 275 Å². The first-order chi connectivity index (χ1) is 67.9. The van der Waals surface area contributed by atoms with Crippen molar-refractivity contribution in [3.8, 4) is 74.1 Å². The van der Waals surface area contributed by atoms with Gasteiger partial charge in [0.2, 0.25) is 46.8 Å². The Morgan fingerprint density at radius 2 is 0.741 bits per heavy atom. The van der Waals surface area contributed by atoms with Gasteiger partial charge in [-0.1, -0.05) is 205 Å². The number of nitrogens with one attached hydrogen (secondary N) is 6. The number of hydrogen-bond acceptors (Lipinski definition) is 32. The molecule has 1 aliphatic heterocycles. The number of likely N-dealkylation sites (tertiary alicyclic amines) is 1. The number of nitrogens with zero attached hydrogens (tertiary/aromatic N) is 19. The maximum atomic E-state index is 12.9. The number of ether oxygens (including phenoxy) is 6. The molecule has 0 spiro atoms. The Kier molecular flexibility index (Phi) is 35.6. The lowest BCUT2D eigenvalue weighted by atomic mass is 9.70. The standard InChI is InChI=1S/C21H28N4O2.C18H22N4O2.C15H11BrN4O2.C15H11IN4O2.C14H9BrN4O2.C14H13N5O4/c26-21(18-13-11-17(12-14-18)20-22-24-25-23-20)27-19(15-7-3-1-4-8-15)16-9-5-2-6-10-16;23-18(14-7-5-13(6-8-14)17-19-21-22-20-17)24-16-10-9-12-3-1-2-4-15(12)11-16;16-13-7-1-10(2-8-13)9-22-15(21)12-5-3-11(4-6-12)14-17-19-20-18-14;16-13-4-2-1-3-12(13)9-22-15(21)11-7-5-10(6-8-11)14-17-19-20-18-14;15-11-2-1-3-12(8-11)21-14(20)10-6-4-9(5-7-10)13-16-18-19-17-13;20-11-5-6-12(21)19(11)7-8-23-14(22)10-3-1-9(2-4-10)13-15-17-18-16-13/h11-16,19H,1-10H2,(H,22,23,24,25);5-8,12,15-16H,1-4,9-11H2,(H,19,20,21,22);2*1-8H,9H2,(H,17,18,19,20);1-8H,(H,16,17,18,19);1-4H,5-8H2,(H,15,16,17,18). The van der Waals surface area contributed by atoms with Crippen LogP contribution in [0.15, 0.2) is 227 Å². The minimum atomic E-state index is -0.524. The summed E-state index contributed by atoms with van der Waals surface area (Å²) in [4.78, 5) is 97.2. The predicted octanol–water partition coefficient (Wildman–Crippen LogP) is 16.8. The van der Waals surface area contributed by atoms with Gasteiger partial charge >= 0.3 is 35.8 Å². The van der Waals surface area contributed by atoms with E-state index in [1.54, 1.807) is 140 Å². The number of aromatic amines is 6. The van der Waals surface area contributed by atoms with Gasteiger partial charge in [-0.3, -0.25) is 14.5 Å². The fraction of sp³-hybridized carbons (Fsp3) is 0.299. The quantitative estimate of drug-likeness (QED) is 0.0108. The number of rotatable bonds is 24. The minimum Gasteiger partial charge on any atom is -0.460 e. The van der Waals surface area contributed by atoms with Gasteiger partial charge in [0.25, 0.3) is 0 Å². The number of fused-ring (bicyclic) bond motifs is 1. The molecule has 5 aliphatic rings. The van der Waals surface area contributed by atoms with E-state index in [2.05, 4.69) is 178 Å². The van der Waals surface area contributed by atoms with Gasteiger partial charge < -0.3 is 28.4 Å². The van der Waals surface area contributed by atoms with E-state index in [9.17, 15) is 38.4 Å². The summed E-state index contributed by atoms with van der Waals surface area (Å²) < 4.78 is 35.8. The Bertz CT molecular complexity index is 6400. The van der Waals surface area contributed by atoms with E-state index in [-0.39, 0.29) is 87.1 Å². The number of hydrogen-bond donors (Lipinski definition) is 6. The smallest absolute Gasteiger partial charge is 0.343 e. The van der Waals surface area contributed by atoms with E-state index in [1.807, 2.05) is 78.9 Å². The Morgan fingerprint density at radius 1 is 0.367 bits per heavy atom. The number of amides is 2. The van der Waals surface area contributed by atoms with E-state index in [0.29, 0.717) is 91.5 Å². The number of carbonyl (C=O) groups excluding carboxylic acids is 8. The first kappa shape index (κ1) is 98.6. The highest BCUT2D eigenvalue weighted by molar-refractivity contribution is 14.1. The number of aromatic nitrogens is 24. The zero-order valence-corrected chi connectivity index (χ0v) is 80.2. The summed E-state index contributed by atoms with van der Waals surface area (Å²) in [6.45, 7) is 0.552. The Labute approximate surface area is 825 Å². The fourth-order valence-corrected chi connectivity index (χ4v) is 17.8. The lowest BCUT2D eigenvalue weighted by Crippen LogP contribution is -2.36.